The molecule has 1 N–H and O–H groups in total. The molecule has 0 aliphatic heterocycles. The van der Waals surface area contributed by atoms with Crippen molar-refractivity contribution in [2.75, 3.05) is 0 Å². The van der Waals surface area contributed by atoms with Gasteiger partial charge in [0.25, 0.3) is 0 Å². The maximum Gasteiger partial charge on any atom is 0.435 e. The van der Waals surface area contributed by atoms with Gasteiger partial charge in [0.05, 0.1) is 12.5 Å². The third-order valence-corrected chi connectivity index (χ3v) is 2.66. The highest BCUT2D eigenvalue weighted by Crippen LogP contribution is 2.28. The van der Waals surface area contributed by atoms with Gasteiger partial charge in [0.2, 0.25) is 5.91 Å². The number of carbonyl (C=O) groups is 1. The number of nitrogens with one attached hydrogen (secondary N) is 1. The predicted molar refractivity (Wildman–Crippen MR) is 69.0 cm³/mol. The quantitative estimate of drug-likeness (QED) is 0.931. The van der Waals surface area contributed by atoms with Crippen LogP contribution in [0.2, 0.25) is 0 Å². The molecule has 1 aromatic heterocycles. The molecule has 4 nitrogen and oxygen atoms in total. The lowest BCUT2D eigenvalue weighted by Crippen LogP contribution is -2.44. The van der Waals surface area contributed by atoms with Crippen molar-refractivity contribution in [3.8, 4) is 0 Å². The SMILES string of the molecule is Cc1cc(C(F)(F)F)nn1C[C@@H](C)C(=O)NC(C)(C)C. The fourth-order valence-electron chi connectivity index (χ4n) is 1.67. The minimum atomic E-state index is -4.47. The smallest absolute Gasteiger partial charge is 0.351 e. The van der Waals surface area contributed by atoms with Crippen molar-refractivity contribution in [2.45, 2.75) is 52.9 Å². The van der Waals surface area contributed by atoms with E-state index in [-0.39, 0.29) is 18.0 Å². The van der Waals surface area contributed by atoms with Crippen LogP contribution < -0.4 is 5.32 Å². The monoisotopic (exact) mass is 291 g/mol. The highest BCUT2D eigenvalue weighted by molar-refractivity contribution is 5.78. The second-order valence-corrected chi connectivity index (χ2v) is 5.99. The maximum absolute atomic E-state index is 12.5. The molecule has 1 heterocycles. The lowest BCUT2D eigenvalue weighted by atomic mass is 10.1. The lowest BCUT2D eigenvalue weighted by Gasteiger charge is -2.23. The van der Waals surface area contributed by atoms with E-state index >= 15 is 0 Å². The molecule has 1 aromatic rings. The Morgan fingerprint density at radius 2 is 1.95 bits per heavy atom. The number of aryl methyl sites for hydroxylation is 1. The Kier molecular flexibility index (Phi) is 4.51. The van der Waals surface area contributed by atoms with Crippen LogP contribution in [0.1, 0.15) is 39.1 Å². The van der Waals surface area contributed by atoms with Crippen LogP contribution in [-0.2, 0) is 17.5 Å². The van der Waals surface area contributed by atoms with Gasteiger partial charge in [-0.15, -0.1) is 0 Å². The number of aromatic nitrogens is 2. The van der Waals surface area contributed by atoms with Gasteiger partial charge in [-0.3, -0.25) is 9.48 Å². The first-order valence-electron chi connectivity index (χ1n) is 6.34. The molecule has 0 saturated heterocycles. The molecule has 0 saturated carbocycles. The summed E-state index contributed by atoms with van der Waals surface area (Å²) in [5, 5.41) is 6.30. The fraction of sp³-hybridized carbons (Fsp3) is 0.692. The van der Waals surface area contributed by atoms with Crippen LogP contribution in [0.15, 0.2) is 6.07 Å². The molecule has 1 amide bonds. The van der Waals surface area contributed by atoms with Crippen LogP contribution in [0.4, 0.5) is 13.2 Å². The van der Waals surface area contributed by atoms with Crippen molar-refractivity contribution in [1.82, 2.24) is 15.1 Å². The molecular formula is C13H20F3N3O. The number of rotatable bonds is 3. The van der Waals surface area contributed by atoms with Gasteiger partial charge in [0.1, 0.15) is 0 Å². The van der Waals surface area contributed by atoms with Crippen molar-refractivity contribution >= 4 is 5.91 Å². The Hall–Kier alpha value is -1.53. The zero-order chi connectivity index (χ0) is 15.7. The van der Waals surface area contributed by atoms with Crippen molar-refractivity contribution in [2.24, 2.45) is 5.92 Å². The van der Waals surface area contributed by atoms with Crippen molar-refractivity contribution in [1.29, 1.82) is 0 Å². The standard InChI is InChI=1S/C13H20F3N3O/c1-8(11(20)17-12(3,4)5)7-19-9(2)6-10(18-19)13(14,15)16/h6,8H,7H2,1-5H3,(H,17,20)/t8-/m1/s1. The van der Waals surface area contributed by atoms with Gasteiger partial charge in [-0.1, -0.05) is 6.92 Å². The van der Waals surface area contributed by atoms with Gasteiger partial charge in [0, 0.05) is 11.2 Å². The maximum atomic E-state index is 12.5. The molecule has 0 aromatic carbocycles. The first-order chi connectivity index (χ1) is 8.90. The Labute approximate surface area is 116 Å². The molecule has 7 heteroatoms. The number of alkyl halides is 3. The predicted octanol–water partition coefficient (Wildman–Crippen LogP) is 2.76. The van der Waals surface area contributed by atoms with E-state index in [2.05, 4.69) is 10.4 Å². The number of halogens is 3. The normalized spacial score (nSPS) is 14.2. The Bertz CT molecular complexity index is 486. The van der Waals surface area contributed by atoms with Crippen LogP contribution in [-0.4, -0.2) is 21.2 Å². The second kappa shape index (κ2) is 5.46. The molecule has 1 rings (SSSR count). The number of hydrogen-bond acceptors (Lipinski definition) is 2. The summed E-state index contributed by atoms with van der Waals surface area (Å²) in [5.41, 5.74) is -0.923. The van der Waals surface area contributed by atoms with E-state index in [1.807, 2.05) is 20.8 Å². The Balaban J connectivity index is 2.79. The van der Waals surface area contributed by atoms with Crippen molar-refractivity contribution in [3.05, 3.63) is 17.5 Å². The zero-order valence-corrected chi connectivity index (χ0v) is 12.3. The van der Waals surface area contributed by atoms with Gasteiger partial charge >= 0.3 is 6.18 Å². The molecule has 0 unspecified atom stereocenters. The third-order valence-electron chi connectivity index (χ3n) is 2.66. The number of carbonyl (C=O) groups excluding carboxylic acids is 1. The third kappa shape index (κ3) is 4.54. The summed E-state index contributed by atoms with van der Waals surface area (Å²) in [7, 11) is 0. The van der Waals surface area contributed by atoms with Crippen molar-refractivity contribution < 1.29 is 18.0 Å². The van der Waals surface area contributed by atoms with Crippen LogP contribution in [0.3, 0.4) is 0 Å². The summed E-state index contributed by atoms with van der Waals surface area (Å²) < 4.78 is 38.9. The van der Waals surface area contributed by atoms with Crippen LogP contribution >= 0.6 is 0 Å². The number of amides is 1. The zero-order valence-electron chi connectivity index (χ0n) is 12.3. The molecule has 0 bridgehead atoms. The van der Waals surface area contributed by atoms with E-state index in [1.54, 1.807) is 6.92 Å². The summed E-state index contributed by atoms with van der Waals surface area (Å²) in [5.74, 6) is -0.671. The van der Waals surface area contributed by atoms with Crippen LogP contribution in [0, 0.1) is 12.8 Å². The fourth-order valence-corrected chi connectivity index (χ4v) is 1.67. The lowest BCUT2D eigenvalue weighted by molar-refractivity contribution is -0.141. The average molecular weight is 291 g/mol. The van der Waals surface area contributed by atoms with Gasteiger partial charge in [-0.05, 0) is 33.8 Å². The Morgan fingerprint density at radius 1 is 1.40 bits per heavy atom. The second-order valence-electron chi connectivity index (χ2n) is 5.99. The van der Waals surface area contributed by atoms with Crippen LogP contribution in [0.5, 0.6) is 0 Å². The topological polar surface area (TPSA) is 46.9 Å². The first kappa shape index (κ1) is 16.5. The molecule has 114 valence electrons. The summed E-state index contributed by atoms with van der Waals surface area (Å²) >= 11 is 0. The van der Waals surface area contributed by atoms with E-state index in [9.17, 15) is 18.0 Å². The summed E-state index contributed by atoms with van der Waals surface area (Å²) in [6.45, 7) is 8.85. The van der Waals surface area contributed by atoms with Crippen molar-refractivity contribution in [3.63, 3.8) is 0 Å². The van der Waals surface area contributed by atoms with E-state index in [1.165, 1.54) is 11.6 Å². The summed E-state index contributed by atoms with van der Waals surface area (Å²) in [6.07, 6.45) is -4.47. The molecule has 0 fully saturated rings. The minimum absolute atomic E-state index is 0.115. The van der Waals surface area contributed by atoms with Crippen LogP contribution in [0.25, 0.3) is 0 Å². The average Bonchev–Trinajstić information content (AvgIpc) is 2.57. The van der Waals surface area contributed by atoms with Gasteiger partial charge in [-0.25, -0.2) is 0 Å². The largest absolute Gasteiger partial charge is 0.435 e. The van der Waals surface area contributed by atoms with Gasteiger partial charge in [-0.2, -0.15) is 18.3 Å². The highest BCUT2D eigenvalue weighted by atomic mass is 19.4. The summed E-state index contributed by atoms with van der Waals surface area (Å²) in [4.78, 5) is 11.9. The van der Waals surface area contributed by atoms with Gasteiger partial charge < -0.3 is 5.32 Å². The molecule has 0 spiro atoms. The number of hydrogen-bond donors (Lipinski definition) is 1. The van der Waals surface area contributed by atoms with E-state index in [0.29, 0.717) is 5.69 Å². The highest BCUT2D eigenvalue weighted by Gasteiger charge is 2.34. The Morgan fingerprint density at radius 3 is 2.35 bits per heavy atom. The minimum Gasteiger partial charge on any atom is -0.351 e. The number of nitrogens with zero attached hydrogens (tertiary/aromatic N) is 2. The first-order valence-corrected chi connectivity index (χ1v) is 6.34. The van der Waals surface area contributed by atoms with Gasteiger partial charge in [0.15, 0.2) is 5.69 Å². The molecule has 1 atom stereocenters. The molecule has 20 heavy (non-hydrogen) atoms. The van der Waals surface area contributed by atoms with E-state index < -0.39 is 17.8 Å². The summed E-state index contributed by atoms with van der Waals surface area (Å²) in [6, 6.07) is 0.981. The van der Waals surface area contributed by atoms with E-state index in [0.717, 1.165) is 6.07 Å². The molecular weight excluding hydrogens is 271 g/mol. The molecule has 0 radical (unpaired) electrons. The molecule has 0 aliphatic rings. The van der Waals surface area contributed by atoms with E-state index in [4.69, 9.17) is 0 Å². The molecule has 0 aliphatic carbocycles.